The van der Waals surface area contributed by atoms with E-state index in [0.717, 1.165) is 17.9 Å². The Morgan fingerprint density at radius 3 is 2.42 bits per heavy atom. The summed E-state index contributed by atoms with van der Waals surface area (Å²) in [6.07, 6.45) is 1.04. The third-order valence-electron chi connectivity index (χ3n) is 3.51. The molecule has 1 aromatic carbocycles. The van der Waals surface area contributed by atoms with Gasteiger partial charge in [-0.15, -0.1) is 0 Å². The average Bonchev–Trinajstić information content (AvgIpc) is 2.79. The summed E-state index contributed by atoms with van der Waals surface area (Å²) in [5.41, 5.74) is 2.77. The Morgan fingerprint density at radius 2 is 1.79 bits per heavy atom. The number of hydrogen-bond donors (Lipinski definition) is 1. The van der Waals surface area contributed by atoms with Crippen LogP contribution in [0.25, 0.3) is 0 Å². The Balaban J connectivity index is 1.94. The van der Waals surface area contributed by atoms with Crippen molar-refractivity contribution in [2.24, 2.45) is 0 Å². The zero-order valence-electron chi connectivity index (χ0n) is 12.2. The minimum atomic E-state index is 0.243. The third kappa shape index (κ3) is 3.71. The first-order valence-electron chi connectivity index (χ1n) is 6.93. The van der Waals surface area contributed by atoms with Gasteiger partial charge in [0.15, 0.2) is 0 Å². The van der Waals surface area contributed by atoms with Crippen LogP contribution in [0.3, 0.4) is 0 Å². The Hall–Kier alpha value is -1.54. The van der Waals surface area contributed by atoms with E-state index < -0.39 is 0 Å². The summed E-state index contributed by atoms with van der Waals surface area (Å²) in [6, 6.07) is 13.3. The van der Waals surface area contributed by atoms with Crippen LogP contribution < -0.4 is 5.32 Å². The maximum absolute atomic E-state index is 5.66. The first kappa shape index (κ1) is 13.9. The standard InChI is InChI=1S/C17H23NO/c1-12-7-5-6-8-16(12)11-13(2)18-15(4)17-10-9-14(3)19-17/h5-10,13,15,18H,11H2,1-4H3. The SMILES string of the molecule is Cc1ccc(C(C)NC(C)Cc2ccccc2C)o1. The Morgan fingerprint density at radius 1 is 1.05 bits per heavy atom. The van der Waals surface area contributed by atoms with E-state index in [-0.39, 0.29) is 6.04 Å². The van der Waals surface area contributed by atoms with Crippen molar-refractivity contribution in [3.05, 3.63) is 59.0 Å². The molecule has 2 nitrogen and oxygen atoms in total. The summed E-state index contributed by atoms with van der Waals surface area (Å²) in [6.45, 7) is 8.51. The molecule has 0 fully saturated rings. The van der Waals surface area contributed by atoms with Crippen LogP contribution in [0.5, 0.6) is 0 Å². The van der Waals surface area contributed by atoms with Crippen LogP contribution in [0.4, 0.5) is 0 Å². The first-order valence-corrected chi connectivity index (χ1v) is 6.93. The second-order valence-electron chi connectivity index (χ2n) is 5.37. The van der Waals surface area contributed by atoms with Gasteiger partial charge in [-0.1, -0.05) is 24.3 Å². The highest BCUT2D eigenvalue weighted by molar-refractivity contribution is 5.26. The molecular formula is C17H23NO. The van der Waals surface area contributed by atoms with Crippen molar-refractivity contribution in [1.29, 1.82) is 0 Å². The molecule has 1 N–H and O–H groups in total. The average molecular weight is 257 g/mol. The minimum Gasteiger partial charge on any atom is -0.465 e. The van der Waals surface area contributed by atoms with Gasteiger partial charge < -0.3 is 9.73 Å². The van der Waals surface area contributed by atoms with Crippen LogP contribution in [0, 0.1) is 13.8 Å². The third-order valence-corrected chi connectivity index (χ3v) is 3.51. The molecule has 2 unspecified atom stereocenters. The minimum absolute atomic E-state index is 0.243. The van der Waals surface area contributed by atoms with Crippen molar-refractivity contribution < 1.29 is 4.42 Å². The van der Waals surface area contributed by atoms with Gasteiger partial charge in [0, 0.05) is 6.04 Å². The highest BCUT2D eigenvalue weighted by Gasteiger charge is 2.13. The smallest absolute Gasteiger partial charge is 0.120 e. The van der Waals surface area contributed by atoms with E-state index in [1.165, 1.54) is 11.1 Å². The normalized spacial score (nSPS) is 14.3. The lowest BCUT2D eigenvalue weighted by molar-refractivity contribution is 0.387. The maximum Gasteiger partial charge on any atom is 0.120 e. The van der Waals surface area contributed by atoms with Gasteiger partial charge in [-0.25, -0.2) is 0 Å². The predicted molar refractivity (Wildman–Crippen MR) is 79.3 cm³/mol. The molecule has 0 amide bonds. The Bertz CT molecular complexity index is 530. The summed E-state index contributed by atoms with van der Waals surface area (Å²) >= 11 is 0. The molecule has 0 aliphatic heterocycles. The van der Waals surface area contributed by atoms with Crippen molar-refractivity contribution in [3.8, 4) is 0 Å². The number of aryl methyl sites for hydroxylation is 2. The Kier molecular flexibility index (Phi) is 4.43. The molecule has 0 bridgehead atoms. The second-order valence-corrected chi connectivity index (χ2v) is 5.37. The molecule has 2 rings (SSSR count). The summed E-state index contributed by atoms with van der Waals surface area (Å²) in [4.78, 5) is 0. The zero-order chi connectivity index (χ0) is 13.8. The van der Waals surface area contributed by atoms with Crippen molar-refractivity contribution in [2.45, 2.75) is 46.2 Å². The van der Waals surface area contributed by atoms with Crippen LogP contribution in [0.15, 0.2) is 40.8 Å². The lowest BCUT2D eigenvalue weighted by Gasteiger charge is -2.19. The summed E-state index contributed by atoms with van der Waals surface area (Å²) in [7, 11) is 0. The topological polar surface area (TPSA) is 25.2 Å². The Labute approximate surface area is 115 Å². The van der Waals surface area contributed by atoms with Gasteiger partial charge in [0.1, 0.15) is 11.5 Å². The van der Waals surface area contributed by atoms with Crippen LogP contribution in [0.1, 0.15) is 42.5 Å². The van der Waals surface area contributed by atoms with E-state index >= 15 is 0 Å². The van der Waals surface area contributed by atoms with E-state index in [9.17, 15) is 0 Å². The summed E-state index contributed by atoms with van der Waals surface area (Å²) in [5.74, 6) is 1.98. The summed E-state index contributed by atoms with van der Waals surface area (Å²) in [5, 5.41) is 3.59. The first-order chi connectivity index (χ1) is 9.06. The molecule has 0 radical (unpaired) electrons. The number of benzene rings is 1. The predicted octanol–water partition coefficient (Wildman–Crippen LogP) is 4.18. The van der Waals surface area contributed by atoms with E-state index in [2.05, 4.69) is 50.4 Å². The van der Waals surface area contributed by atoms with Crippen LogP contribution in [-0.2, 0) is 6.42 Å². The van der Waals surface area contributed by atoms with Gasteiger partial charge in [0.2, 0.25) is 0 Å². The number of rotatable bonds is 5. The van der Waals surface area contributed by atoms with Crippen LogP contribution in [-0.4, -0.2) is 6.04 Å². The molecule has 2 atom stereocenters. The second kappa shape index (κ2) is 6.07. The van der Waals surface area contributed by atoms with Crippen molar-refractivity contribution in [3.63, 3.8) is 0 Å². The quantitative estimate of drug-likeness (QED) is 0.869. The van der Waals surface area contributed by atoms with E-state index in [1.807, 2.05) is 19.1 Å². The van der Waals surface area contributed by atoms with E-state index in [4.69, 9.17) is 4.42 Å². The van der Waals surface area contributed by atoms with Crippen molar-refractivity contribution >= 4 is 0 Å². The van der Waals surface area contributed by atoms with Crippen molar-refractivity contribution in [1.82, 2.24) is 5.32 Å². The number of hydrogen-bond acceptors (Lipinski definition) is 2. The fourth-order valence-electron chi connectivity index (χ4n) is 2.42. The van der Waals surface area contributed by atoms with Gasteiger partial charge in [-0.2, -0.15) is 0 Å². The van der Waals surface area contributed by atoms with Gasteiger partial charge in [0.25, 0.3) is 0 Å². The maximum atomic E-state index is 5.66. The van der Waals surface area contributed by atoms with Gasteiger partial charge in [-0.3, -0.25) is 0 Å². The molecule has 0 aliphatic carbocycles. The lowest BCUT2D eigenvalue weighted by Crippen LogP contribution is -2.30. The molecule has 1 aromatic heterocycles. The zero-order valence-corrected chi connectivity index (χ0v) is 12.2. The highest BCUT2D eigenvalue weighted by Crippen LogP contribution is 2.17. The molecule has 0 saturated heterocycles. The molecule has 2 aromatic rings. The molecule has 102 valence electrons. The lowest BCUT2D eigenvalue weighted by atomic mass is 10.0. The monoisotopic (exact) mass is 257 g/mol. The highest BCUT2D eigenvalue weighted by atomic mass is 16.3. The van der Waals surface area contributed by atoms with Crippen LogP contribution >= 0.6 is 0 Å². The van der Waals surface area contributed by atoms with Crippen LogP contribution in [0.2, 0.25) is 0 Å². The molecule has 0 spiro atoms. The molecular weight excluding hydrogens is 234 g/mol. The van der Waals surface area contributed by atoms with E-state index in [0.29, 0.717) is 6.04 Å². The largest absolute Gasteiger partial charge is 0.465 e. The number of furan rings is 1. The molecule has 0 saturated carbocycles. The molecule has 2 heteroatoms. The number of nitrogens with one attached hydrogen (secondary N) is 1. The van der Waals surface area contributed by atoms with Crippen molar-refractivity contribution in [2.75, 3.05) is 0 Å². The molecule has 0 aliphatic rings. The van der Waals surface area contributed by atoms with E-state index in [1.54, 1.807) is 0 Å². The fourth-order valence-corrected chi connectivity index (χ4v) is 2.42. The fraction of sp³-hybridized carbons (Fsp3) is 0.412. The van der Waals surface area contributed by atoms with Gasteiger partial charge in [0.05, 0.1) is 6.04 Å². The molecule has 19 heavy (non-hydrogen) atoms. The van der Waals surface area contributed by atoms with Gasteiger partial charge >= 0.3 is 0 Å². The van der Waals surface area contributed by atoms with Gasteiger partial charge in [-0.05, 0) is 57.4 Å². The summed E-state index contributed by atoms with van der Waals surface area (Å²) < 4.78 is 5.66. The molecule has 1 heterocycles.